The van der Waals surface area contributed by atoms with Crippen molar-refractivity contribution >= 4 is 14.0 Å². The Kier molecular flexibility index (Phi) is 6.49. The molecule has 0 N–H and O–H groups in total. The fourth-order valence-corrected chi connectivity index (χ4v) is 8.62. The van der Waals surface area contributed by atoms with Gasteiger partial charge in [-0.3, -0.25) is 4.57 Å². The summed E-state index contributed by atoms with van der Waals surface area (Å²) >= 11 is 0. The van der Waals surface area contributed by atoms with Gasteiger partial charge in [-0.25, -0.2) is 4.79 Å². The third-order valence-corrected chi connectivity index (χ3v) is 10.8. The topological polar surface area (TPSA) is 31.2 Å². The Morgan fingerprint density at radius 2 is 1.73 bits per heavy atom. The number of hydrogen-bond acceptors (Lipinski definition) is 2. The first-order chi connectivity index (χ1) is 10.3. The highest BCUT2D eigenvalue weighted by Crippen LogP contribution is 2.40. The van der Waals surface area contributed by atoms with Crippen LogP contribution < -0.4 is 0 Å². The van der Waals surface area contributed by atoms with Gasteiger partial charge in [0.2, 0.25) is 0 Å². The van der Waals surface area contributed by atoms with Gasteiger partial charge in [0.05, 0.1) is 6.61 Å². The second kappa shape index (κ2) is 7.69. The quantitative estimate of drug-likeness (QED) is 0.448. The van der Waals surface area contributed by atoms with Crippen LogP contribution in [-0.4, -0.2) is 25.2 Å². The Morgan fingerprint density at radius 3 is 2.18 bits per heavy atom. The summed E-state index contributed by atoms with van der Waals surface area (Å²) in [7, 11) is -1.79. The number of rotatable bonds is 5. The molecule has 3 nitrogen and oxygen atoms in total. The van der Waals surface area contributed by atoms with Crippen molar-refractivity contribution in [2.75, 3.05) is 6.61 Å². The van der Waals surface area contributed by atoms with E-state index in [1.165, 1.54) is 0 Å². The Balaban J connectivity index is 3.26. The van der Waals surface area contributed by atoms with Crippen molar-refractivity contribution in [3.05, 3.63) is 24.0 Å². The third-order valence-electron chi connectivity index (χ3n) is 4.49. The van der Waals surface area contributed by atoms with Crippen LogP contribution in [0.15, 0.2) is 18.3 Å². The summed E-state index contributed by atoms with van der Waals surface area (Å²) in [6.07, 6.45) is 1.83. The molecule has 4 heteroatoms. The summed E-state index contributed by atoms with van der Waals surface area (Å²) in [4.78, 5) is 12.0. The average molecular weight is 320 g/mol. The maximum Gasteiger partial charge on any atom is 0.355 e. The van der Waals surface area contributed by atoms with Gasteiger partial charge in [0.25, 0.3) is 0 Å². The number of aromatic nitrogens is 1. The highest BCUT2D eigenvalue weighted by molar-refractivity contribution is 6.90. The molecular weight excluding hydrogens is 290 g/mol. The van der Waals surface area contributed by atoms with Crippen LogP contribution in [0.4, 0.5) is 0 Å². The zero-order chi connectivity index (χ0) is 16.9. The van der Waals surface area contributed by atoms with E-state index >= 15 is 0 Å². The minimum atomic E-state index is -1.79. The summed E-state index contributed by atoms with van der Waals surface area (Å²) in [5.41, 5.74) is 5.84. The lowest BCUT2D eigenvalue weighted by Crippen LogP contribution is -2.43. The lowest BCUT2D eigenvalue weighted by Gasteiger charge is -2.37. The monoisotopic (exact) mass is 319 g/mol. The van der Waals surface area contributed by atoms with Gasteiger partial charge >= 0.3 is 5.97 Å². The molecule has 0 fully saturated rings. The first-order valence-corrected chi connectivity index (χ1v) is 10.4. The van der Waals surface area contributed by atoms with Crippen molar-refractivity contribution in [2.24, 2.45) is 0 Å². The van der Waals surface area contributed by atoms with E-state index in [9.17, 15) is 4.79 Å². The SMILES string of the molecule is CCOC(=O)c1cccn1C#C[Si](C(C)C)(C(C)C)C(C)C. The van der Waals surface area contributed by atoms with Crippen LogP contribution in [-0.2, 0) is 4.74 Å². The van der Waals surface area contributed by atoms with E-state index in [4.69, 9.17) is 4.74 Å². The van der Waals surface area contributed by atoms with Gasteiger partial charge in [-0.05, 0) is 35.7 Å². The van der Waals surface area contributed by atoms with Crippen LogP contribution in [0, 0.1) is 11.6 Å². The molecule has 0 unspecified atom stereocenters. The summed E-state index contributed by atoms with van der Waals surface area (Å²) in [6.45, 7) is 15.9. The van der Waals surface area contributed by atoms with Crippen LogP contribution >= 0.6 is 0 Å². The molecule has 0 aliphatic carbocycles. The summed E-state index contributed by atoms with van der Waals surface area (Å²) < 4.78 is 6.80. The number of hydrogen-bond donors (Lipinski definition) is 0. The molecule has 1 aromatic rings. The summed E-state index contributed by atoms with van der Waals surface area (Å²) in [6, 6.07) is 6.84. The maximum absolute atomic E-state index is 12.0. The van der Waals surface area contributed by atoms with Gasteiger partial charge in [-0.2, -0.15) is 0 Å². The molecule has 1 rings (SSSR count). The maximum atomic E-state index is 12.0. The van der Waals surface area contributed by atoms with E-state index in [0.717, 1.165) is 0 Å². The van der Waals surface area contributed by atoms with Crippen molar-refractivity contribution in [3.63, 3.8) is 0 Å². The molecule has 22 heavy (non-hydrogen) atoms. The molecule has 1 heterocycles. The van der Waals surface area contributed by atoms with Crippen molar-refractivity contribution in [2.45, 2.75) is 65.1 Å². The van der Waals surface area contributed by atoms with E-state index in [1.54, 1.807) is 10.6 Å². The molecule has 1 aromatic heterocycles. The van der Waals surface area contributed by atoms with Crippen LogP contribution in [0.1, 0.15) is 59.0 Å². The lowest BCUT2D eigenvalue weighted by molar-refractivity contribution is 0.0517. The van der Waals surface area contributed by atoms with E-state index < -0.39 is 8.07 Å². The Hall–Kier alpha value is -1.47. The largest absolute Gasteiger partial charge is 0.461 e. The summed E-state index contributed by atoms with van der Waals surface area (Å²) in [5.74, 6) is -0.312. The lowest BCUT2D eigenvalue weighted by atomic mass is 10.4. The Morgan fingerprint density at radius 1 is 1.18 bits per heavy atom. The van der Waals surface area contributed by atoms with E-state index in [-0.39, 0.29) is 5.97 Å². The van der Waals surface area contributed by atoms with Crippen molar-refractivity contribution in [1.82, 2.24) is 4.57 Å². The molecule has 0 bridgehead atoms. The average Bonchev–Trinajstić information content (AvgIpc) is 2.86. The van der Waals surface area contributed by atoms with E-state index in [2.05, 4.69) is 53.1 Å². The van der Waals surface area contributed by atoms with Crippen LogP contribution in [0.3, 0.4) is 0 Å². The molecule has 122 valence electrons. The van der Waals surface area contributed by atoms with Gasteiger partial charge in [0.1, 0.15) is 13.8 Å². The number of carbonyl (C=O) groups excluding carboxylic acids is 1. The van der Waals surface area contributed by atoms with Gasteiger partial charge < -0.3 is 4.74 Å². The highest BCUT2D eigenvalue weighted by Gasteiger charge is 2.41. The molecule has 0 amide bonds. The van der Waals surface area contributed by atoms with Crippen molar-refractivity contribution < 1.29 is 9.53 Å². The first-order valence-electron chi connectivity index (χ1n) is 8.14. The smallest absolute Gasteiger partial charge is 0.355 e. The number of carbonyl (C=O) groups is 1. The summed E-state index contributed by atoms with van der Waals surface area (Å²) in [5, 5.41) is 0. The molecule has 0 radical (unpaired) electrons. The normalized spacial score (nSPS) is 11.7. The third kappa shape index (κ3) is 3.64. The number of ether oxygens (including phenoxy) is 1. The zero-order valence-corrected chi connectivity index (χ0v) is 15.9. The molecule has 0 aromatic carbocycles. The van der Waals surface area contributed by atoms with Gasteiger partial charge in [-0.1, -0.05) is 41.5 Å². The van der Waals surface area contributed by atoms with Crippen molar-refractivity contribution in [1.29, 1.82) is 0 Å². The molecule has 0 aliphatic rings. The number of esters is 1. The first kappa shape index (κ1) is 18.6. The molecular formula is C18H29NO2Si. The second-order valence-corrected chi connectivity index (χ2v) is 12.2. The van der Waals surface area contributed by atoms with Gasteiger partial charge in [0, 0.05) is 12.2 Å². The van der Waals surface area contributed by atoms with Crippen LogP contribution in [0.2, 0.25) is 16.6 Å². The zero-order valence-electron chi connectivity index (χ0n) is 14.9. The Labute approximate surface area is 136 Å². The fourth-order valence-electron chi connectivity index (χ4n) is 3.44. The van der Waals surface area contributed by atoms with Gasteiger partial charge in [-0.15, -0.1) is 5.54 Å². The predicted molar refractivity (Wildman–Crippen MR) is 94.6 cm³/mol. The van der Waals surface area contributed by atoms with E-state index in [1.807, 2.05) is 19.2 Å². The van der Waals surface area contributed by atoms with E-state index in [0.29, 0.717) is 28.9 Å². The molecule has 0 aliphatic heterocycles. The molecule has 0 spiro atoms. The second-order valence-electron chi connectivity index (χ2n) is 6.62. The van der Waals surface area contributed by atoms with Crippen LogP contribution in [0.5, 0.6) is 0 Å². The number of nitrogens with zero attached hydrogens (tertiary/aromatic N) is 1. The standard InChI is InChI=1S/C18H29NO2Si/c1-8-21-18(20)17-10-9-11-19(17)12-13-22(14(2)3,15(4)5)16(6)7/h9-11,14-16H,8H2,1-7H3. The molecule has 0 saturated heterocycles. The highest BCUT2D eigenvalue weighted by atomic mass is 28.3. The van der Waals surface area contributed by atoms with Crippen molar-refractivity contribution in [3.8, 4) is 11.6 Å². The predicted octanol–water partition coefficient (Wildman–Crippen LogP) is 4.69. The minimum Gasteiger partial charge on any atom is -0.461 e. The fraction of sp³-hybridized carbons (Fsp3) is 0.611. The minimum absolute atomic E-state index is 0.312. The molecule has 0 atom stereocenters. The Bertz CT molecular complexity index is 539. The molecule has 0 saturated carbocycles. The van der Waals surface area contributed by atoms with Crippen LogP contribution in [0.25, 0.3) is 0 Å². The van der Waals surface area contributed by atoms with Gasteiger partial charge in [0.15, 0.2) is 0 Å².